The molecule has 0 atom stereocenters. The van der Waals surface area contributed by atoms with Gasteiger partial charge in [-0.05, 0) is 31.9 Å². The lowest BCUT2D eigenvalue weighted by atomic mass is 9.92. The topological polar surface area (TPSA) is 59.1 Å². The fraction of sp³-hybridized carbons (Fsp3) is 0.438. The summed E-state index contributed by atoms with van der Waals surface area (Å²) in [5.74, 6) is -0.292. The average molecular weight is 270 g/mol. The van der Waals surface area contributed by atoms with Crippen LogP contribution in [0.5, 0.6) is 0 Å². The van der Waals surface area contributed by atoms with E-state index in [0.29, 0.717) is 17.3 Å². The molecule has 3 rings (SSSR count). The van der Waals surface area contributed by atoms with E-state index in [1.54, 1.807) is 12.1 Å². The summed E-state index contributed by atoms with van der Waals surface area (Å²) in [4.78, 5) is 28.7. The number of hydrogen-bond acceptors (Lipinski definition) is 4. The van der Waals surface area contributed by atoms with Crippen molar-refractivity contribution in [3.8, 4) is 0 Å². The Morgan fingerprint density at radius 3 is 2.65 bits per heavy atom. The van der Waals surface area contributed by atoms with E-state index in [9.17, 15) is 9.59 Å². The number of nitrogens with zero attached hydrogens (tertiary/aromatic N) is 1. The molecule has 0 saturated heterocycles. The number of pyridine rings is 1. The molecule has 0 aliphatic heterocycles. The molecule has 0 spiro atoms. The van der Waals surface area contributed by atoms with Gasteiger partial charge in [0.05, 0.1) is 11.3 Å². The summed E-state index contributed by atoms with van der Waals surface area (Å²) in [6, 6.07) is 3.78. The summed E-state index contributed by atoms with van der Waals surface area (Å²) in [6.45, 7) is 1.82. The number of aryl methyl sites for hydroxylation is 1. The molecule has 0 unspecified atom stereocenters. The zero-order valence-electron chi connectivity index (χ0n) is 11.6. The van der Waals surface area contributed by atoms with Crippen molar-refractivity contribution < 1.29 is 9.59 Å². The molecular weight excluding hydrogens is 252 g/mol. The molecule has 1 aromatic rings. The van der Waals surface area contributed by atoms with Gasteiger partial charge in [0.1, 0.15) is 5.69 Å². The first-order valence-electron chi connectivity index (χ1n) is 7.20. The molecule has 4 heteroatoms. The Balaban J connectivity index is 1.85. The minimum absolute atomic E-state index is 0.113. The van der Waals surface area contributed by atoms with Gasteiger partial charge in [-0.25, -0.2) is 4.98 Å². The molecule has 1 heterocycles. The fourth-order valence-electron chi connectivity index (χ4n) is 2.91. The molecule has 1 N–H and O–H groups in total. The summed E-state index contributed by atoms with van der Waals surface area (Å²) in [7, 11) is 0. The van der Waals surface area contributed by atoms with Crippen molar-refractivity contribution in [2.45, 2.75) is 45.1 Å². The van der Waals surface area contributed by atoms with Crippen LogP contribution >= 0.6 is 0 Å². The first kappa shape index (κ1) is 13.0. The molecule has 2 aliphatic carbocycles. The lowest BCUT2D eigenvalue weighted by Gasteiger charge is -2.26. The highest BCUT2D eigenvalue weighted by Crippen LogP contribution is 2.22. The van der Waals surface area contributed by atoms with E-state index in [2.05, 4.69) is 10.3 Å². The molecule has 20 heavy (non-hydrogen) atoms. The van der Waals surface area contributed by atoms with Crippen LogP contribution in [0.4, 0.5) is 0 Å². The summed E-state index contributed by atoms with van der Waals surface area (Å²) >= 11 is 0. The Morgan fingerprint density at radius 1 is 1.15 bits per heavy atom. The van der Waals surface area contributed by atoms with Crippen molar-refractivity contribution in [3.63, 3.8) is 0 Å². The Bertz CT molecular complexity index is 598. The van der Waals surface area contributed by atoms with Crippen LogP contribution < -0.4 is 5.32 Å². The standard InChI is InChI=1S/C16H18N2O2/c1-10-7-8-12-15(17-10)14(19)9-13(16(12)20)18-11-5-3-2-4-6-11/h7-9,11,18H,2-6H2,1H3. The molecule has 2 aliphatic rings. The van der Waals surface area contributed by atoms with Crippen LogP contribution in [-0.4, -0.2) is 22.6 Å². The van der Waals surface area contributed by atoms with Crippen LogP contribution in [0.25, 0.3) is 0 Å². The minimum atomic E-state index is -0.179. The van der Waals surface area contributed by atoms with E-state index in [1.165, 1.54) is 25.3 Å². The monoisotopic (exact) mass is 270 g/mol. The molecule has 0 radical (unpaired) electrons. The number of nitrogens with one attached hydrogen (secondary N) is 1. The van der Waals surface area contributed by atoms with E-state index < -0.39 is 0 Å². The van der Waals surface area contributed by atoms with Gasteiger partial charge >= 0.3 is 0 Å². The normalized spacial score (nSPS) is 19.6. The molecule has 0 aromatic carbocycles. The molecular formula is C16H18N2O2. The lowest BCUT2D eigenvalue weighted by Crippen LogP contribution is -2.36. The molecule has 1 saturated carbocycles. The van der Waals surface area contributed by atoms with E-state index >= 15 is 0 Å². The maximum Gasteiger partial charge on any atom is 0.211 e. The molecule has 4 nitrogen and oxygen atoms in total. The van der Waals surface area contributed by atoms with Crippen molar-refractivity contribution >= 4 is 11.6 Å². The van der Waals surface area contributed by atoms with E-state index in [-0.39, 0.29) is 17.3 Å². The van der Waals surface area contributed by atoms with Crippen molar-refractivity contribution in [1.82, 2.24) is 10.3 Å². The van der Waals surface area contributed by atoms with Gasteiger partial charge in [-0.3, -0.25) is 9.59 Å². The van der Waals surface area contributed by atoms with Gasteiger partial charge in [-0.2, -0.15) is 0 Å². The van der Waals surface area contributed by atoms with Gasteiger partial charge in [-0.15, -0.1) is 0 Å². The molecule has 0 amide bonds. The highest BCUT2D eigenvalue weighted by molar-refractivity contribution is 6.23. The molecule has 1 fully saturated rings. The number of ketones is 2. The van der Waals surface area contributed by atoms with Crippen molar-refractivity contribution in [2.75, 3.05) is 0 Å². The van der Waals surface area contributed by atoms with Crippen LogP contribution in [0.1, 0.15) is 58.6 Å². The van der Waals surface area contributed by atoms with Gasteiger partial charge in [0.15, 0.2) is 0 Å². The number of carbonyl (C=O) groups excluding carboxylic acids is 2. The Labute approximate surface area is 118 Å². The van der Waals surface area contributed by atoms with Gasteiger partial charge < -0.3 is 5.32 Å². The Morgan fingerprint density at radius 2 is 1.90 bits per heavy atom. The Kier molecular flexibility index (Phi) is 3.38. The van der Waals surface area contributed by atoms with Crippen LogP contribution in [0.2, 0.25) is 0 Å². The number of Topliss-reactive ketones (excluding diaryl/α,β-unsaturated/α-hetero) is 1. The summed E-state index contributed by atoms with van der Waals surface area (Å²) in [5, 5.41) is 3.26. The number of fused-ring (bicyclic) bond motifs is 1. The number of allylic oxidation sites excluding steroid dienone is 2. The third-order valence-corrected chi connectivity index (χ3v) is 4.00. The zero-order valence-corrected chi connectivity index (χ0v) is 11.6. The van der Waals surface area contributed by atoms with Crippen LogP contribution in [0.3, 0.4) is 0 Å². The quantitative estimate of drug-likeness (QED) is 0.897. The molecule has 1 aromatic heterocycles. The predicted molar refractivity (Wildman–Crippen MR) is 75.7 cm³/mol. The summed E-state index contributed by atoms with van der Waals surface area (Å²) in [6.07, 6.45) is 7.17. The zero-order chi connectivity index (χ0) is 14.1. The maximum absolute atomic E-state index is 12.4. The second kappa shape index (κ2) is 5.19. The second-order valence-electron chi connectivity index (χ2n) is 5.58. The predicted octanol–water partition coefficient (Wildman–Crippen LogP) is 2.58. The van der Waals surface area contributed by atoms with E-state index in [0.717, 1.165) is 18.5 Å². The first-order chi connectivity index (χ1) is 9.65. The summed E-state index contributed by atoms with van der Waals surface area (Å²) < 4.78 is 0. The highest BCUT2D eigenvalue weighted by Gasteiger charge is 2.28. The van der Waals surface area contributed by atoms with Gasteiger partial charge in [0.2, 0.25) is 11.6 Å². The third-order valence-electron chi connectivity index (χ3n) is 4.00. The number of rotatable bonds is 2. The van der Waals surface area contributed by atoms with Crippen LogP contribution in [-0.2, 0) is 0 Å². The first-order valence-corrected chi connectivity index (χ1v) is 7.20. The maximum atomic E-state index is 12.4. The van der Waals surface area contributed by atoms with Crippen LogP contribution in [0, 0.1) is 6.92 Å². The van der Waals surface area contributed by atoms with E-state index in [4.69, 9.17) is 0 Å². The minimum Gasteiger partial charge on any atom is -0.379 e. The second-order valence-corrected chi connectivity index (χ2v) is 5.58. The van der Waals surface area contributed by atoms with E-state index in [1.807, 2.05) is 6.92 Å². The van der Waals surface area contributed by atoms with Crippen molar-refractivity contribution in [2.24, 2.45) is 0 Å². The SMILES string of the molecule is Cc1ccc2c(n1)C(=O)C=C(NC1CCCCC1)C2=O. The smallest absolute Gasteiger partial charge is 0.211 e. The molecule has 0 bridgehead atoms. The number of aromatic nitrogens is 1. The fourth-order valence-corrected chi connectivity index (χ4v) is 2.91. The van der Waals surface area contributed by atoms with Crippen LogP contribution in [0.15, 0.2) is 23.9 Å². The average Bonchev–Trinajstić information content (AvgIpc) is 2.45. The lowest BCUT2D eigenvalue weighted by molar-refractivity contribution is 0.0972. The highest BCUT2D eigenvalue weighted by atomic mass is 16.1. The summed E-state index contributed by atoms with van der Waals surface area (Å²) in [5.41, 5.74) is 1.88. The van der Waals surface area contributed by atoms with Gasteiger partial charge in [0.25, 0.3) is 0 Å². The largest absolute Gasteiger partial charge is 0.379 e. The van der Waals surface area contributed by atoms with Gasteiger partial charge in [-0.1, -0.05) is 19.3 Å². The third kappa shape index (κ3) is 2.38. The van der Waals surface area contributed by atoms with Crippen molar-refractivity contribution in [1.29, 1.82) is 0 Å². The molecule has 104 valence electrons. The van der Waals surface area contributed by atoms with Crippen molar-refractivity contribution in [3.05, 3.63) is 40.9 Å². The number of hydrogen-bond donors (Lipinski definition) is 1. The Hall–Kier alpha value is -1.97. The van der Waals surface area contributed by atoms with Gasteiger partial charge in [0, 0.05) is 17.8 Å². The number of carbonyl (C=O) groups is 2.